The number of amides is 3. The van der Waals surface area contributed by atoms with E-state index >= 15 is 0 Å². The Labute approximate surface area is 340 Å². The Morgan fingerprint density at radius 2 is 1.93 bits per heavy atom. The van der Waals surface area contributed by atoms with Crippen molar-refractivity contribution in [2.45, 2.75) is 64.4 Å². The summed E-state index contributed by atoms with van der Waals surface area (Å²) in [5.74, 6) is -1.14. The molecular weight excluding hydrogens is 832 g/mol. The third-order valence-corrected chi connectivity index (χ3v) is 10.2. The van der Waals surface area contributed by atoms with Crippen molar-refractivity contribution in [1.29, 1.82) is 0 Å². The highest BCUT2D eigenvalue weighted by molar-refractivity contribution is 8.00. The van der Waals surface area contributed by atoms with Crippen molar-refractivity contribution in [1.82, 2.24) is 29.1 Å². The van der Waals surface area contributed by atoms with Gasteiger partial charge in [0, 0.05) is 35.9 Å². The molecule has 3 amide bonds. The van der Waals surface area contributed by atoms with Gasteiger partial charge in [0.1, 0.15) is 53.7 Å². The number of methoxy groups -OCH3 is 1. The van der Waals surface area contributed by atoms with Crippen LogP contribution in [0.1, 0.15) is 39.1 Å². The van der Waals surface area contributed by atoms with Crippen molar-refractivity contribution >= 4 is 69.2 Å². The van der Waals surface area contributed by atoms with Crippen LogP contribution in [0.5, 0.6) is 5.75 Å². The van der Waals surface area contributed by atoms with Gasteiger partial charge in [-0.2, -0.15) is 9.36 Å². The molecule has 0 spiro atoms. The Morgan fingerprint density at radius 3 is 2.62 bits per heavy atom. The molecule has 2 unspecified atom stereocenters. The number of hydrogen-bond acceptors (Lipinski definition) is 15. The van der Waals surface area contributed by atoms with Gasteiger partial charge in [0.15, 0.2) is 0 Å². The molecule has 4 N–H and O–H groups in total. The zero-order chi connectivity index (χ0) is 39.3. The van der Waals surface area contributed by atoms with Gasteiger partial charge in [-0.15, -0.1) is 11.8 Å². The van der Waals surface area contributed by atoms with Crippen LogP contribution in [0, 0.1) is 0 Å². The number of hydrogen-bond donors (Lipinski definition) is 3. The molecule has 21 heteroatoms. The lowest BCUT2D eigenvalue weighted by atomic mass is 10.0. The minimum atomic E-state index is -1.03. The van der Waals surface area contributed by atoms with Crippen molar-refractivity contribution in [3.8, 4) is 5.75 Å². The summed E-state index contributed by atoms with van der Waals surface area (Å²) in [7, 11) is 1.56. The number of benzene rings is 1. The van der Waals surface area contributed by atoms with Gasteiger partial charge in [0.05, 0.1) is 13.3 Å². The number of carbonyl (C=O) groups excluding carboxylic acids is 4. The number of anilines is 1. The molecule has 298 valence electrons. The molecule has 1 fully saturated rings. The second-order valence-electron chi connectivity index (χ2n) is 13.2. The van der Waals surface area contributed by atoms with Gasteiger partial charge in [0.2, 0.25) is 23.0 Å². The van der Waals surface area contributed by atoms with E-state index in [4.69, 9.17) is 24.8 Å². The Bertz CT molecular complexity index is 2150. The first kappa shape index (κ1) is 42.0. The lowest BCUT2D eigenvalue weighted by Crippen LogP contribution is -3.00. The lowest BCUT2D eigenvalue weighted by Gasteiger charge is -2.49. The van der Waals surface area contributed by atoms with E-state index in [1.807, 2.05) is 27.5 Å². The largest absolute Gasteiger partial charge is 1.00 e. The predicted molar refractivity (Wildman–Crippen MR) is 202 cm³/mol. The van der Waals surface area contributed by atoms with Crippen LogP contribution in [0.15, 0.2) is 65.3 Å². The lowest BCUT2D eigenvalue weighted by molar-refractivity contribution is -0.664. The van der Waals surface area contributed by atoms with Gasteiger partial charge >= 0.3 is 17.7 Å². The minimum Gasteiger partial charge on any atom is -1.00 e. The summed E-state index contributed by atoms with van der Waals surface area (Å²) in [6, 6.07) is 9.88. The van der Waals surface area contributed by atoms with E-state index in [2.05, 4.69) is 30.1 Å². The fraction of sp³-hybridized carbons (Fsp3) is 0.400. The number of nitrogens with zero attached hydrogens (tertiary/aromatic N) is 7. The molecule has 1 aromatic carbocycles. The van der Waals surface area contributed by atoms with Crippen LogP contribution in [-0.2, 0) is 48.4 Å². The van der Waals surface area contributed by atoms with Gasteiger partial charge in [-0.1, -0.05) is 17.3 Å². The van der Waals surface area contributed by atoms with Crippen molar-refractivity contribution in [2.75, 3.05) is 31.3 Å². The highest BCUT2D eigenvalue weighted by atomic mass is 79.9. The number of pyridine rings is 1. The zero-order valence-corrected chi connectivity index (χ0v) is 34.4. The topological polar surface area (TPSA) is 218 Å². The van der Waals surface area contributed by atoms with E-state index in [1.165, 1.54) is 16.7 Å². The quantitative estimate of drug-likeness (QED) is 0.0472. The third-order valence-electron chi connectivity index (χ3n) is 8.18. The fourth-order valence-corrected chi connectivity index (χ4v) is 7.64. The zero-order valence-electron chi connectivity index (χ0n) is 31.2. The number of ether oxygens (including phenoxy) is 3. The molecule has 0 saturated carbocycles. The number of halogens is 1. The summed E-state index contributed by atoms with van der Waals surface area (Å²) in [4.78, 5) is 69.2. The Kier molecular flexibility index (Phi) is 13.7. The molecule has 5 heterocycles. The van der Waals surface area contributed by atoms with Crippen LogP contribution in [-0.4, -0.2) is 96.4 Å². The van der Waals surface area contributed by atoms with Crippen LogP contribution in [0.2, 0.25) is 0 Å². The van der Waals surface area contributed by atoms with E-state index < -0.39 is 40.9 Å². The minimum absolute atomic E-state index is 0. The van der Waals surface area contributed by atoms with Crippen molar-refractivity contribution in [3.63, 3.8) is 0 Å². The number of aromatic nitrogens is 5. The van der Waals surface area contributed by atoms with Crippen LogP contribution in [0.25, 0.3) is 11.2 Å². The van der Waals surface area contributed by atoms with E-state index in [-0.39, 0.29) is 59.1 Å². The number of β-lactam (4-membered cyclic amide) rings is 1. The van der Waals surface area contributed by atoms with Gasteiger partial charge in [-0.05, 0) is 62.5 Å². The SMILES string of the molecule is CCO/N=C(\C(=O)NC1C(=O)N2C(C(=O)OCc3ccc(OC)cc3)=C(C[n+]3cccc4c3ncn4CCN)CSC12)c1nsc(NC(=O)OC(C)(C)C)n1.[Br-]. The second-order valence-corrected chi connectivity index (χ2v) is 15.1. The van der Waals surface area contributed by atoms with Crippen molar-refractivity contribution < 1.29 is 59.8 Å². The number of nitrogens with two attached hydrogens (primary N) is 1. The molecule has 0 radical (unpaired) electrons. The van der Waals surface area contributed by atoms with E-state index in [0.717, 1.165) is 22.6 Å². The maximum Gasteiger partial charge on any atom is 0.414 e. The van der Waals surface area contributed by atoms with Crippen molar-refractivity contribution in [3.05, 3.63) is 71.6 Å². The number of fused-ring (bicyclic) bond motifs is 2. The summed E-state index contributed by atoms with van der Waals surface area (Å²) in [6.45, 7) is 8.17. The molecule has 56 heavy (non-hydrogen) atoms. The Hall–Kier alpha value is -5.12. The van der Waals surface area contributed by atoms with Crippen LogP contribution < -0.4 is 42.7 Å². The van der Waals surface area contributed by atoms with Gasteiger partial charge in [0.25, 0.3) is 11.8 Å². The first-order chi connectivity index (χ1) is 26.4. The number of oxime groups is 1. The predicted octanol–water partition coefficient (Wildman–Crippen LogP) is -0.668. The van der Waals surface area contributed by atoms with E-state index in [0.29, 0.717) is 35.8 Å². The number of imidazole rings is 1. The number of rotatable bonds is 14. The summed E-state index contributed by atoms with van der Waals surface area (Å²) in [6.07, 6.45) is 2.82. The fourth-order valence-electron chi connectivity index (χ4n) is 5.75. The number of nitrogens with one attached hydrogen (secondary N) is 2. The maximum absolute atomic E-state index is 14.0. The first-order valence-corrected chi connectivity index (χ1v) is 19.1. The summed E-state index contributed by atoms with van der Waals surface area (Å²) < 4.78 is 24.3. The summed E-state index contributed by atoms with van der Waals surface area (Å²) in [5.41, 5.74) is 7.76. The van der Waals surface area contributed by atoms with Crippen LogP contribution in [0.3, 0.4) is 0 Å². The molecule has 3 aromatic heterocycles. The van der Waals surface area contributed by atoms with Gasteiger partial charge in [-0.3, -0.25) is 19.8 Å². The number of esters is 1. The Balaban J connectivity index is 0.00000600. The molecule has 18 nitrogen and oxygen atoms in total. The molecule has 0 aliphatic carbocycles. The van der Waals surface area contributed by atoms with Gasteiger partial charge < -0.3 is 51.6 Å². The molecule has 2 atom stereocenters. The highest BCUT2D eigenvalue weighted by Crippen LogP contribution is 2.41. The monoisotopic (exact) mass is 872 g/mol. The molecule has 4 aromatic rings. The molecule has 2 aliphatic rings. The molecular formula is C35H41BrN10O8S2. The average Bonchev–Trinajstić information content (AvgIpc) is 3.79. The number of thioether (sulfide) groups is 1. The standard InChI is InChI=1S/C35H40N10O8S2.BrH/c1-6-52-41-24(27-39-33(55-42-27)40-34(49)53-35(2,3)4)29(46)38-25-30(47)45-26(32(48)51-17-20-9-11-22(50-5)12-10-20)21(18-54-31(25)45)16-43-14-7-8-23-28(43)37-19-44(23)15-13-36;/h7-12,14,19,25,31H,6,13,15-18,36H2,1-5H3,(H-,38,39,40,42,46,49);1H/b41-24-;. The van der Waals surface area contributed by atoms with Crippen LogP contribution >= 0.6 is 23.3 Å². The maximum atomic E-state index is 14.0. The first-order valence-electron chi connectivity index (χ1n) is 17.3. The van der Waals surface area contributed by atoms with Gasteiger partial charge in [-0.25, -0.2) is 14.2 Å². The molecule has 6 rings (SSSR count). The second kappa shape index (κ2) is 18.2. The van der Waals surface area contributed by atoms with Crippen molar-refractivity contribution in [2.24, 2.45) is 10.9 Å². The normalized spacial score (nSPS) is 16.7. The van der Waals surface area contributed by atoms with Crippen LogP contribution in [0.4, 0.5) is 9.93 Å². The average molecular weight is 874 g/mol. The van der Waals surface area contributed by atoms with E-state index in [9.17, 15) is 19.2 Å². The third kappa shape index (κ3) is 9.45. The Morgan fingerprint density at radius 1 is 1.16 bits per heavy atom. The van der Waals surface area contributed by atoms with E-state index in [1.54, 1.807) is 65.4 Å². The molecule has 0 bridgehead atoms. The highest BCUT2D eigenvalue weighted by Gasteiger charge is 2.55. The molecule has 2 aliphatic heterocycles. The smallest absolute Gasteiger partial charge is 0.414 e. The summed E-state index contributed by atoms with van der Waals surface area (Å²) in [5, 5.41) is 8.53. The summed E-state index contributed by atoms with van der Waals surface area (Å²) >= 11 is 2.19. The molecule has 1 saturated heterocycles. The number of carbonyl (C=O) groups is 4.